The van der Waals surface area contributed by atoms with Crippen LogP contribution in [0.1, 0.15) is 5.56 Å². The largest absolute Gasteiger partial charge is 0.493 e. The molecule has 92 valence electrons. The van der Waals surface area contributed by atoms with Crippen molar-refractivity contribution in [1.29, 1.82) is 0 Å². The van der Waals surface area contributed by atoms with E-state index in [9.17, 15) is 8.78 Å². The molecule has 1 rings (SSSR count). The van der Waals surface area contributed by atoms with Gasteiger partial charge in [-0.25, -0.2) is 0 Å². The number of terminal acetylenes is 1. The maximum absolute atomic E-state index is 12.3. The zero-order valence-corrected chi connectivity index (χ0v) is 9.37. The molecule has 3 nitrogen and oxygen atoms in total. The summed E-state index contributed by atoms with van der Waals surface area (Å²) < 4.78 is 34.0. The Labute approximate surface area is 98.7 Å². The Balaban J connectivity index is 2.90. The Kier molecular flexibility index (Phi) is 5.24. The third-order valence-corrected chi connectivity index (χ3v) is 2.03. The second-order valence-electron chi connectivity index (χ2n) is 3.13. The van der Waals surface area contributed by atoms with Crippen LogP contribution in [0.3, 0.4) is 0 Å². The molecule has 1 aromatic carbocycles. The molecule has 0 aliphatic carbocycles. The predicted molar refractivity (Wildman–Crippen MR) is 60.2 cm³/mol. The minimum Gasteiger partial charge on any atom is -0.493 e. The molecule has 0 heterocycles. The number of nitrogens with one attached hydrogen (secondary N) is 1. The predicted octanol–water partition coefficient (Wildman–Crippen LogP) is 2.02. The number of rotatable bonds is 6. The van der Waals surface area contributed by atoms with Crippen molar-refractivity contribution < 1.29 is 18.3 Å². The van der Waals surface area contributed by atoms with E-state index in [1.165, 1.54) is 7.11 Å². The number of methoxy groups -OCH3 is 1. The van der Waals surface area contributed by atoms with Gasteiger partial charge in [-0.05, 0) is 6.07 Å². The van der Waals surface area contributed by atoms with Crippen LogP contribution < -0.4 is 14.8 Å². The first kappa shape index (κ1) is 13.3. The molecule has 0 bridgehead atoms. The molecule has 0 fully saturated rings. The fraction of sp³-hybridized carbons (Fsp3) is 0.333. The Hall–Kier alpha value is -1.80. The van der Waals surface area contributed by atoms with Gasteiger partial charge in [-0.15, -0.1) is 6.42 Å². The summed E-state index contributed by atoms with van der Waals surface area (Å²) in [4.78, 5) is 0. The molecule has 0 radical (unpaired) electrons. The van der Waals surface area contributed by atoms with Crippen LogP contribution in [-0.2, 0) is 6.54 Å². The molecule has 1 N–H and O–H groups in total. The number of hydrogen-bond acceptors (Lipinski definition) is 3. The lowest BCUT2D eigenvalue weighted by atomic mass is 10.2. The van der Waals surface area contributed by atoms with Gasteiger partial charge in [0.15, 0.2) is 11.5 Å². The summed E-state index contributed by atoms with van der Waals surface area (Å²) >= 11 is 0. The zero-order valence-electron chi connectivity index (χ0n) is 9.37. The number of hydrogen-bond donors (Lipinski definition) is 1. The standard InChI is InChI=1S/C12H13F2NO2/c1-3-7-15-8-9-5-4-6-10(16-2)11(9)17-12(13)14/h1,4-6,12,15H,7-8H2,2H3. The Morgan fingerprint density at radius 2 is 2.24 bits per heavy atom. The van der Waals surface area contributed by atoms with Crippen molar-refractivity contribution in [2.24, 2.45) is 0 Å². The van der Waals surface area contributed by atoms with Crippen molar-refractivity contribution in [3.8, 4) is 23.8 Å². The SMILES string of the molecule is C#CCNCc1cccc(OC)c1OC(F)F. The van der Waals surface area contributed by atoms with E-state index in [1.54, 1.807) is 18.2 Å². The van der Waals surface area contributed by atoms with Crippen LogP contribution in [-0.4, -0.2) is 20.3 Å². The van der Waals surface area contributed by atoms with Gasteiger partial charge in [0.25, 0.3) is 0 Å². The summed E-state index contributed by atoms with van der Waals surface area (Å²) in [6.45, 7) is -2.20. The third kappa shape index (κ3) is 3.93. The summed E-state index contributed by atoms with van der Waals surface area (Å²) in [5, 5.41) is 2.90. The Morgan fingerprint density at radius 3 is 2.82 bits per heavy atom. The number of ether oxygens (including phenoxy) is 2. The molecule has 0 aliphatic rings. The lowest BCUT2D eigenvalue weighted by Crippen LogP contribution is -2.15. The van der Waals surface area contributed by atoms with E-state index in [2.05, 4.69) is 16.0 Å². The minimum absolute atomic E-state index is 0.0366. The maximum Gasteiger partial charge on any atom is 0.387 e. The Bertz CT molecular complexity index is 402. The van der Waals surface area contributed by atoms with Crippen LogP contribution in [0.4, 0.5) is 8.78 Å². The van der Waals surface area contributed by atoms with Gasteiger partial charge in [0.2, 0.25) is 0 Å². The molecule has 0 aliphatic heterocycles. The molecule has 17 heavy (non-hydrogen) atoms. The highest BCUT2D eigenvalue weighted by Crippen LogP contribution is 2.32. The van der Waals surface area contributed by atoms with Crippen LogP contribution >= 0.6 is 0 Å². The van der Waals surface area contributed by atoms with Crippen molar-refractivity contribution in [3.63, 3.8) is 0 Å². The second-order valence-corrected chi connectivity index (χ2v) is 3.13. The molecule has 0 aromatic heterocycles. The molecule has 5 heteroatoms. The summed E-state index contributed by atoms with van der Waals surface area (Å²) in [5.41, 5.74) is 0.569. The van der Waals surface area contributed by atoms with Crippen LogP contribution in [0.2, 0.25) is 0 Å². The number of para-hydroxylation sites is 1. The van der Waals surface area contributed by atoms with Crippen molar-refractivity contribution in [2.75, 3.05) is 13.7 Å². The lowest BCUT2D eigenvalue weighted by Gasteiger charge is -2.14. The smallest absolute Gasteiger partial charge is 0.387 e. The van der Waals surface area contributed by atoms with E-state index < -0.39 is 6.61 Å². The minimum atomic E-state index is -2.89. The number of alkyl halides is 2. The van der Waals surface area contributed by atoms with E-state index in [1.807, 2.05) is 0 Å². The topological polar surface area (TPSA) is 30.5 Å². The fourth-order valence-corrected chi connectivity index (χ4v) is 1.35. The molecule has 0 unspecified atom stereocenters. The van der Waals surface area contributed by atoms with Gasteiger partial charge in [-0.2, -0.15) is 8.78 Å². The number of benzene rings is 1. The van der Waals surface area contributed by atoms with E-state index in [0.29, 0.717) is 18.7 Å². The van der Waals surface area contributed by atoms with Gasteiger partial charge >= 0.3 is 6.61 Å². The van der Waals surface area contributed by atoms with Crippen LogP contribution in [0.5, 0.6) is 11.5 Å². The van der Waals surface area contributed by atoms with E-state index in [-0.39, 0.29) is 11.5 Å². The van der Waals surface area contributed by atoms with E-state index >= 15 is 0 Å². The average molecular weight is 241 g/mol. The molecule has 0 saturated carbocycles. The van der Waals surface area contributed by atoms with E-state index in [0.717, 1.165) is 0 Å². The van der Waals surface area contributed by atoms with Crippen LogP contribution in [0.15, 0.2) is 18.2 Å². The highest BCUT2D eigenvalue weighted by atomic mass is 19.3. The van der Waals surface area contributed by atoms with Crippen molar-refractivity contribution in [3.05, 3.63) is 23.8 Å². The van der Waals surface area contributed by atoms with Crippen LogP contribution in [0.25, 0.3) is 0 Å². The molecule has 1 aromatic rings. The molecular formula is C12H13F2NO2. The second kappa shape index (κ2) is 6.71. The average Bonchev–Trinajstić information content (AvgIpc) is 2.30. The van der Waals surface area contributed by atoms with Gasteiger partial charge < -0.3 is 14.8 Å². The van der Waals surface area contributed by atoms with E-state index in [4.69, 9.17) is 11.2 Å². The molecular weight excluding hydrogens is 228 g/mol. The van der Waals surface area contributed by atoms with Crippen LogP contribution in [0, 0.1) is 12.3 Å². The highest BCUT2D eigenvalue weighted by molar-refractivity contribution is 5.46. The first-order valence-electron chi connectivity index (χ1n) is 4.94. The highest BCUT2D eigenvalue weighted by Gasteiger charge is 2.14. The summed E-state index contributed by atoms with van der Waals surface area (Å²) in [6, 6.07) is 4.93. The van der Waals surface area contributed by atoms with Crippen molar-refractivity contribution in [2.45, 2.75) is 13.2 Å². The maximum atomic E-state index is 12.3. The molecule has 0 spiro atoms. The van der Waals surface area contributed by atoms with Gasteiger partial charge in [0, 0.05) is 12.1 Å². The first-order valence-corrected chi connectivity index (χ1v) is 4.94. The quantitative estimate of drug-likeness (QED) is 0.610. The Morgan fingerprint density at radius 1 is 1.47 bits per heavy atom. The normalized spacial score (nSPS) is 10.1. The van der Waals surface area contributed by atoms with Crippen molar-refractivity contribution >= 4 is 0 Å². The zero-order chi connectivity index (χ0) is 12.7. The van der Waals surface area contributed by atoms with Crippen molar-refractivity contribution in [1.82, 2.24) is 5.32 Å². The summed E-state index contributed by atoms with van der Waals surface area (Å²) in [5.74, 6) is 2.70. The van der Waals surface area contributed by atoms with Gasteiger partial charge in [0.05, 0.1) is 13.7 Å². The summed E-state index contributed by atoms with van der Waals surface area (Å²) in [6.07, 6.45) is 5.08. The lowest BCUT2D eigenvalue weighted by molar-refractivity contribution is -0.0518. The van der Waals surface area contributed by atoms with Gasteiger partial charge in [0.1, 0.15) is 0 Å². The third-order valence-electron chi connectivity index (χ3n) is 2.03. The van der Waals surface area contributed by atoms with Gasteiger partial charge in [-0.3, -0.25) is 0 Å². The fourth-order valence-electron chi connectivity index (χ4n) is 1.35. The number of halogens is 2. The molecule has 0 amide bonds. The molecule has 0 saturated heterocycles. The summed E-state index contributed by atoms with van der Waals surface area (Å²) in [7, 11) is 1.40. The monoisotopic (exact) mass is 241 g/mol. The first-order chi connectivity index (χ1) is 8.19. The molecule has 0 atom stereocenters. The van der Waals surface area contributed by atoms with Gasteiger partial charge in [-0.1, -0.05) is 18.1 Å².